The lowest BCUT2D eigenvalue weighted by molar-refractivity contribution is 0.0991. The second-order valence-electron chi connectivity index (χ2n) is 3.19. The maximum Gasteiger partial charge on any atom is 0.179 e. The number of carbonyl (C=O) groups is 1. The smallest absolute Gasteiger partial charge is 0.179 e. The van der Waals surface area contributed by atoms with E-state index < -0.39 is 0 Å². The highest BCUT2D eigenvalue weighted by Gasteiger charge is 2.12. The molecule has 1 aromatic carbocycles. The molecular weight excluding hydrogens is 256 g/mol. The molecule has 76 valence electrons. The number of Topliss-reactive ketones (excluding diaryl/α,β-unsaturated/α-hetero) is 1. The van der Waals surface area contributed by atoms with Gasteiger partial charge in [-0.15, -0.1) is 0 Å². The molecule has 0 aliphatic heterocycles. The van der Waals surface area contributed by atoms with Crippen molar-refractivity contribution in [1.82, 2.24) is 0 Å². The van der Waals surface area contributed by atoms with Crippen LogP contribution < -0.4 is 0 Å². The Balaban J connectivity index is 2.15. The van der Waals surface area contributed by atoms with Crippen molar-refractivity contribution in [2.24, 2.45) is 0 Å². The molecule has 0 saturated heterocycles. The molecule has 0 bridgehead atoms. The van der Waals surface area contributed by atoms with Crippen molar-refractivity contribution in [2.45, 2.75) is 6.42 Å². The molecule has 0 unspecified atom stereocenters. The van der Waals surface area contributed by atoms with Gasteiger partial charge in [-0.05, 0) is 27.6 Å². The van der Waals surface area contributed by atoms with Crippen molar-refractivity contribution in [1.29, 1.82) is 0 Å². The van der Waals surface area contributed by atoms with Gasteiger partial charge in [0.2, 0.25) is 0 Å². The van der Waals surface area contributed by atoms with Crippen molar-refractivity contribution in [3.63, 3.8) is 0 Å². The van der Waals surface area contributed by atoms with Crippen LogP contribution in [0.15, 0.2) is 51.7 Å². The van der Waals surface area contributed by atoms with E-state index in [1.54, 1.807) is 6.07 Å². The Bertz CT molecular complexity index is 459. The van der Waals surface area contributed by atoms with Gasteiger partial charge in [-0.3, -0.25) is 4.79 Å². The SMILES string of the molecule is O=C(Cc1ccccc1)c1ccoc1Br. The lowest BCUT2D eigenvalue weighted by Crippen LogP contribution is -2.02. The Morgan fingerprint density at radius 3 is 2.53 bits per heavy atom. The van der Waals surface area contributed by atoms with Gasteiger partial charge < -0.3 is 4.42 Å². The lowest BCUT2D eigenvalue weighted by Gasteiger charge is -1.98. The van der Waals surface area contributed by atoms with Crippen LogP contribution in [0.4, 0.5) is 0 Å². The van der Waals surface area contributed by atoms with Gasteiger partial charge in [0.25, 0.3) is 0 Å². The molecule has 2 rings (SSSR count). The Morgan fingerprint density at radius 2 is 1.93 bits per heavy atom. The summed E-state index contributed by atoms with van der Waals surface area (Å²) in [7, 11) is 0. The first-order valence-corrected chi connectivity index (χ1v) is 5.37. The van der Waals surface area contributed by atoms with E-state index in [-0.39, 0.29) is 5.78 Å². The maximum atomic E-state index is 11.8. The number of hydrogen-bond acceptors (Lipinski definition) is 2. The second-order valence-corrected chi connectivity index (χ2v) is 3.91. The lowest BCUT2D eigenvalue weighted by atomic mass is 10.1. The number of halogens is 1. The third-order valence-electron chi connectivity index (χ3n) is 2.13. The van der Waals surface area contributed by atoms with Crippen LogP contribution in [0.2, 0.25) is 0 Å². The van der Waals surface area contributed by atoms with Crippen molar-refractivity contribution in [3.8, 4) is 0 Å². The Kier molecular flexibility index (Phi) is 3.02. The minimum absolute atomic E-state index is 0.0572. The zero-order valence-corrected chi connectivity index (χ0v) is 9.53. The molecule has 1 aromatic heterocycles. The molecule has 0 saturated carbocycles. The van der Waals surface area contributed by atoms with E-state index in [0.29, 0.717) is 16.7 Å². The molecule has 2 nitrogen and oxygen atoms in total. The monoisotopic (exact) mass is 264 g/mol. The molecule has 0 atom stereocenters. The van der Waals surface area contributed by atoms with E-state index in [2.05, 4.69) is 15.9 Å². The van der Waals surface area contributed by atoms with Gasteiger partial charge >= 0.3 is 0 Å². The summed E-state index contributed by atoms with van der Waals surface area (Å²) in [5, 5.41) is 0. The van der Waals surface area contributed by atoms with Crippen molar-refractivity contribution in [2.75, 3.05) is 0 Å². The molecular formula is C12H9BrO2. The van der Waals surface area contributed by atoms with Crippen LogP contribution in [0, 0.1) is 0 Å². The van der Waals surface area contributed by atoms with Gasteiger partial charge in [0.1, 0.15) is 0 Å². The van der Waals surface area contributed by atoms with Gasteiger partial charge in [-0.1, -0.05) is 30.3 Å². The summed E-state index contributed by atoms with van der Waals surface area (Å²) >= 11 is 3.19. The molecule has 0 amide bonds. The fraction of sp³-hybridized carbons (Fsp3) is 0.0833. The molecule has 0 aliphatic carbocycles. The molecule has 0 N–H and O–H groups in total. The van der Waals surface area contributed by atoms with Gasteiger partial charge in [-0.2, -0.15) is 0 Å². The van der Waals surface area contributed by atoms with Gasteiger partial charge in [-0.25, -0.2) is 0 Å². The average Bonchev–Trinajstić information content (AvgIpc) is 2.66. The fourth-order valence-corrected chi connectivity index (χ4v) is 1.83. The van der Waals surface area contributed by atoms with Crippen LogP contribution in [-0.2, 0) is 6.42 Å². The van der Waals surface area contributed by atoms with E-state index in [1.807, 2.05) is 30.3 Å². The minimum atomic E-state index is 0.0572. The number of carbonyl (C=O) groups excluding carboxylic acids is 1. The Hall–Kier alpha value is -1.35. The van der Waals surface area contributed by atoms with E-state index in [0.717, 1.165) is 5.56 Å². The zero-order valence-electron chi connectivity index (χ0n) is 7.94. The summed E-state index contributed by atoms with van der Waals surface area (Å²) in [5.74, 6) is 0.0572. The third-order valence-corrected chi connectivity index (χ3v) is 2.74. The van der Waals surface area contributed by atoms with Gasteiger partial charge in [0.15, 0.2) is 10.5 Å². The molecule has 1 heterocycles. The van der Waals surface area contributed by atoms with Gasteiger partial charge in [0, 0.05) is 6.42 Å². The molecule has 0 spiro atoms. The van der Waals surface area contributed by atoms with Crippen LogP contribution in [0.25, 0.3) is 0 Å². The maximum absolute atomic E-state index is 11.8. The summed E-state index contributed by atoms with van der Waals surface area (Å²) < 4.78 is 5.52. The summed E-state index contributed by atoms with van der Waals surface area (Å²) in [6.45, 7) is 0. The molecule has 0 fully saturated rings. The minimum Gasteiger partial charge on any atom is -0.457 e. The molecule has 15 heavy (non-hydrogen) atoms. The largest absolute Gasteiger partial charge is 0.457 e. The van der Waals surface area contributed by atoms with Crippen LogP contribution >= 0.6 is 15.9 Å². The topological polar surface area (TPSA) is 30.2 Å². The van der Waals surface area contributed by atoms with Crippen LogP contribution in [-0.4, -0.2) is 5.78 Å². The second kappa shape index (κ2) is 4.45. The zero-order chi connectivity index (χ0) is 10.7. The number of benzene rings is 1. The number of rotatable bonds is 3. The summed E-state index contributed by atoms with van der Waals surface area (Å²) in [5.41, 5.74) is 1.61. The van der Waals surface area contributed by atoms with Gasteiger partial charge in [0.05, 0.1) is 11.8 Å². The van der Waals surface area contributed by atoms with Crippen molar-refractivity contribution in [3.05, 3.63) is 58.5 Å². The van der Waals surface area contributed by atoms with Crippen molar-refractivity contribution < 1.29 is 9.21 Å². The van der Waals surface area contributed by atoms with Crippen LogP contribution in [0.5, 0.6) is 0 Å². The quantitative estimate of drug-likeness (QED) is 0.795. The van der Waals surface area contributed by atoms with E-state index >= 15 is 0 Å². The summed E-state index contributed by atoms with van der Waals surface area (Å²) in [6.07, 6.45) is 1.90. The normalized spacial score (nSPS) is 10.2. The van der Waals surface area contributed by atoms with E-state index in [9.17, 15) is 4.79 Å². The van der Waals surface area contributed by atoms with Crippen molar-refractivity contribution >= 4 is 21.7 Å². The first-order chi connectivity index (χ1) is 7.27. The standard InChI is InChI=1S/C12H9BrO2/c13-12-10(6-7-15-12)11(14)8-9-4-2-1-3-5-9/h1-7H,8H2. The average molecular weight is 265 g/mol. The van der Waals surface area contributed by atoms with E-state index in [4.69, 9.17) is 4.42 Å². The first-order valence-electron chi connectivity index (χ1n) is 4.57. The first kappa shape index (κ1) is 10.2. The molecule has 3 heteroatoms. The van der Waals surface area contributed by atoms with Crippen LogP contribution in [0.1, 0.15) is 15.9 Å². The molecule has 2 aromatic rings. The number of ketones is 1. The van der Waals surface area contributed by atoms with Crippen LogP contribution in [0.3, 0.4) is 0 Å². The summed E-state index contributed by atoms with van der Waals surface area (Å²) in [6, 6.07) is 11.3. The van der Waals surface area contributed by atoms with E-state index in [1.165, 1.54) is 6.26 Å². The highest BCUT2D eigenvalue weighted by atomic mass is 79.9. The third kappa shape index (κ3) is 2.36. The highest BCUT2D eigenvalue weighted by molar-refractivity contribution is 9.10. The Morgan fingerprint density at radius 1 is 1.20 bits per heavy atom. The molecule has 0 radical (unpaired) electrons. The fourth-order valence-electron chi connectivity index (χ4n) is 1.37. The predicted octanol–water partition coefficient (Wildman–Crippen LogP) is 3.47. The molecule has 0 aliphatic rings. The Labute approximate surface area is 96.0 Å². The summed E-state index contributed by atoms with van der Waals surface area (Å²) in [4.78, 5) is 11.8. The highest BCUT2D eigenvalue weighted by Crippen LogP contribution is 2.19. The predicted molar refractivity (Wildman–Crippen MR) is 60.9 cm³/mol. The number of furan rings is 1. The number of hydrogen-bond donors (Lipinski definition) is 0.